The molecule has 22 heavy (non-hydrogen) atoms. The van der Waals surface area contributed by atoms with Gasteiger partial charge in [0.2, 0.25) is 10.0 Å². The van der Waals surface area contributed by atoms with Gasteiger partial charge in [-0.15, -0.1) is 0 Å². The molecule has 2 aromatic rings. The third-order valence-electron chi connectivity index (χ3n) is 3.41. The van der Waals surface area contributed by atoms with Gasteiger partial charge in [0.15, 0.2) is 0 Å². The van der Waals surface area contributed by atoms with Crippen molar-refractivity contribution in [1.82, 2.24) is 0 Å². The number of hydrogen-bond acceptors (Lipinski definition) is 3. The molecule has 0 unspecified atom stereocenters. The molecule has 0 heterocycles. The van der Waals surface area contributed by atoms with Crippen molar-refractivity contribution in [2.45, 2.75) is 13.0 Å². The van der Waals surface area contributed by atoms with E-state index in [1.165, 1.54) is 23.5 Å². The molecule has 118 valence electrons. The molecule has 4 nitrogen and oxygen atoms in total. The third-order valence-corrected chi connectivity index (χ3v) is 5.18. The van der Waals surface area contributed by atoms with Gasteiger partial charge < -0.3 is 5.11 Å². The van der Waals surface area contributed by atoms with Crippen molar-refractivity contribution in [3.8, 4) is 0 Å². The first kappa shape index (κ1) is 16.5. The highest BCUT2D eigenvalue weighted by molar-refractivity contribution is 7.92. The summed E-state index contributed by atoms with van der Waals surface area (Å²) >= 11 is 0. The molecular formula is C16H18FNO3S. The van der Waals surface area contributed by atoms with Crippen LogP contribution in [0, 0.1) is 5.82 Å². The van der Waals surface area contributed by atoms with Crippen molar-refractivity contribution < 1.29 is 17.9 Å². The first-order valence-corrected chi connectivity index (χ1v) is 8.44. The van der Waals surface area contributed by atoms with Crippen LogP contribution in [0.15, 0.2) is 48.5 Å². The van der Waals surface area contributed by atoms with E-state index in [0.29, 0.717) is 16.8 Å². The summed E-state index contributed by atoms with van der Waals surface area (Å²) in [6, 6.07) is 12.6. The molecule has 0 spiro atoms. The molecule has 2 rings (SSSR count). The van der Waals surface area contributed by atoms with Crippen LogP contribution in [-0.4, -0.2) is 26.3 Å². The zero-order chi connectivity index (χ0) is 16.2. The number of nitrogens with zero attached hydrogens (tertiary/aromatic N) is 1. The highest BCUT2D eigenvalue weighted by atomic mass is 32.2. The van der Waals surface area contributed by atoms with Crippen LogP contribution < -0.4 is 4.31 Å². The minimum atomic E-state index is -3.52. The van der Waals surface area contributed by atoms with E-state index < -0.39 is 10.0 Å². The lowest BCUT2D eigenvalue weighted by molar-refractivity contribution is 0.282. The van der Waals surface area contributed by atoms with Gasteiger partial charge in [0.05, 0.1) is 18.0 Å². The topological polar surface area (TPSA) is 57.6 Å². The van der Waals surface area contributed by atoms with E-state index in [-0.39, 0.29) is 24.6 Å². The fourth-order valence-electron chi connectivity index (χ4n) is 2.09. The number of benzene rings is 2. The van der Waals surface area contributed by atoms with E-state index in [1.54, 1.807) is 36.4 Å². The number of aryl methyl sites for hydroxylation is 1. The zero-order valence-corrected chi connectivity index (χ0v) is 13.1. The maximum atomic E-state index is 13.1. The van der Waals surface area contributed by atoms with Crippen molar-refractivity contribution in [2.75, 3.05) is 17.1 Å². The van der Waals surface area contributed by atoms with Crippen LogP contribution in [0.2, 0.25) is 0 Å². The minimum Gasteiger partial charge on any atom is -0.392 e. The first-order valence-electron chi connectivity index (χ1n) is 6.83. The maximum absolute atomic E-state index is 13.1. The number of anilines is 1. The summed E-state index contributed by atoms with van der Waals surface area (Å²) in [7, 11) is -2.05. The molecule has 6 heteroatoms. The predicted octanol–water partition coefficient (Wildman–Crippen LogP) is 2.33. The fourth-order valence-corrected chi connectivity index (χ4v) is 3.29. The molecule has 1 N–H and O–H groups in total. The lowest BCUT2D eigenvalue weighted by Crippen LogP contribution is -2.29. The quantitative estimate of drug-likeness (QED) is 0.887. The third kappa shape index (κ3) is 4.05. The molecule has 0 saturated heterocycles. The summed E-state index contributed by atoms with van der Waals surface area (Å²) in [4.78, 5) is 0. The van der Waals surface area contributed by atoms with Gasteiger partial charge in [-0.3, -0.25) is 4.31 Å². The second-order valence-electron chi connectivity index (χ2n) is 4.99. The molecule has 2 aromatic carbocycles. The average Bonchev–Trinajstić information content (AvgIpc) is 2.52. The van der Waals surface area contributed by atoms with Crippen LogP contribution >= 0.6 is 0 Å². The molecule has 0 aliphatic heterocycles. The van der Waals surface area contributed by atoms with E-state index in [2.05, 4.69) is 0 Å². The number of hydrogen-bond donors (Lipinski definition) is 1. The zero-order valence-electron chi connectivity index (χ0n) is 12.2. The summed E-state index contributed by atoms with van der Waals surface area (Å²) in [5, 5.41) is 9.12. The smallest absolute Gasteiger partial charge is 0.235 e. The number of sulfonamides is 1. The Hall–Kier alpha value is -1.92. The Balaban J connectivity index is 2.12. The van der Waals surface area contributed by atoms with Gasteiger partial charge in [-0.2, -0.15) is 0 Å². The Morgan fingerprint density at radius 1 is 1.09 bits per heavy atom. The maximum Gasteiger partial charge on any atom is 0.235 e. The molecule has 0 fully saturated rings. The predicted molar refractivity (Wildman–Crippen MR) is 84.7 cm³/mol. The van der Waals surface area contributed by atoms with Gasteiger partial charge in [0.1, 0.15) is 5.82 Å². The highest BCUT2D eigenvalue weighted by Crippen LogP contribution is 2.19. The lowest BCUT2D eigenvalue weighted by atomic mass is 10.2. The Bertz CT molecular complexity index is 747. The van der Waals surface area contributed by atoms with Crippen LogP contribution in [0.3, 0.4) is 0 Å². The fraction of sp³-hybridized carbons (Fsp3) is 0.250. The molecule has 0 aliphatic rings. The SMILES string of the molecule is CN(c1cccc(CO)c1)S(=O)(=O)CCc1cccc(F)c1. The second-order valence-corrected chi connectivity index (χ2v) is 7.11. The number of halogens is 1. The monoisotopic (exact) mass is 323 g/mol. The molecule has 0 saturated carbocycles. The first-order chi connectivity index (χ1) is 10.4. The van der Waals surface area contributed by atoms with Crippen molar-refractivity contribution >= 4 is 15.7 Å². The number of aliphatic hydroxyl groups excluding tert-OH is 1. The van der Waals surface area contributed by atoms with E-state index in [4.69, 9.17) is 5.11 Å². The van der Waals surface area contributed by atoms with E-state index in [9.17, 15) is 12.8 Å². The van der Waals surface area contributed by atoms with Crippen LogP contribution in [0.5, 0.6) is 0 Å². The summed E-state index contributed by atoms with van der Waals surface area (Å²) in [5.41, 5.74) is 1.77. The number of aliphatic hydroxyl groups is 1. The molecule has 0 aromatic heterocycles. The Morgan fingerprint density at radius 3 is 2.45 bits per heavy atom. The largest absolute Gasteiger partial charge is 0.392 e. The molecule has 0 atom stereocenters. The van der Waals surface area contributed by atoms with E-state index in [0.717, 1.165) is 0 Å². The second kappa shape index (κ2) is 6.89. The summed E-state index contributed by atoms with van der Waals surface area (Å²) < 4.78 is 39.0. The Labute approximate surface area is 129 Å². The van der Waals surface area contributed by atoms with Crippen molar-refractivity contribution in [3.05, 3.63) is 65.5 Å². The van der Waals surface area contributed by atoms with Gasteiger partial charge in [-0.25, -0.2) is 12.8 Å². The van der Waals surface area contributed by atoms with Crippen LogP contribution in [-0.2, 0) is 23.1 Å². The summed E-state index contributed by atoms with van der Waals surface area (Å²) in [5.74, 6) is -0.491. The Morgan fingerprint density at radius 2 is 1.77 bits per heavy atom. The molecule has 0 radical (unpaired) electrons. The van der Waals surface area contributed by atoms with Crippen LogP contribution in [0.1, 0.15) is 11.1 Å². The molecule has 0 amide bonds. The minimum absolute atomic E-state index is 0.115. The highest BCUT2D eigenvalue weighted by Gasteiger charge is 2.18. The van der Waals surface area contributed by atoms with Crippen molar-refractivity contribution in [1.29, 1.82) is 0 Å². The van der Waals surface area contributed by atoms with Gasteiger partial charge in [0, 0.05) is 7.05 Å². The van der Waals surface area contributed by atoms with Crippen LogP contribution in [0.4, 0.5) is 10.1 Å². The molecular weight excluding hydrogens is 305 g/mol. The molecule has 0 aliphatic carbocycles. The van der Waals surface area contributed by atoms with Gasteiger partial charge in [-0.1, -0.05) is 24.3 Å². The van der Waals surface area contributed by atoms with Gasteiger partial charge >= 0.3 is 0 Å². The summed E-state index contributed by atoms with van der Waals surface area (Å²) in [6.45, 7) is -0.148. The van der Waals surface area contributed by atoms with E-state index >= 15 is 0 Å². The van der Waals surface area contributed by atoms with Crippen molar-refractivity contribution in [3.63, 3.8) is 0 Å². The normalized spacial score (nSPS) is 11.4. The standard InChI is InChI=1S/C16H18FNO3S/c1-18(16-7-3-5-14(11-16)12-19)22(20,21)9-8-13-4-2-6-15(17)10-13/h2-7,10-11,19H,8-9,12H2,1H3. The van der Waals surface area contributed by atoms with Gasteiger partial charge in [-0.05, 0) is 41.8 Å². The average molecular weight is 323 g/mol. The molecule has 0 bridgehead atoms. The Kier molecular flexibility index (Phi) is 5.15. The van der Waals surface area contributed by atoms with Gasteiger partial charge in [0.25, 0.3) is 0 Å². The number of rotatable bonds is 6. The van der Waals surface area contributed by atoms with Crippen molar-refractivity contribution in [2.24, 2.45) is 0 Å². The van der Waals surface area contributed by atoms with E-state index in [1.807, 2.05) is 0 Å². The summed E-state index contributed by atoms with van der Waals surface area (Å²) in [6.07, 6.45) is 0.240. The lowest BCUT2D eigenvalue weighted by Gasteiger charge is -2.20. The van der Waals surface area contributed by atoms with Crippen LogP contribution in [0.25, 0.3) is 0 Å².